The Labute approximate surface area is 248 Å². The first kappa shape index (κ1) is 29.1. The van der Waals surface area contributed by atoms with Crippen molar-refractivity contribution in [2.75, 3.05) is 51.8 Å². The van der Waals surface area contributed by atoms with Crippen molar-refractivity contribution in [2.24, 2.45) is 23.7 Å². The molecule has 0 aromatic heterocycles. The molecule has 10 nitrogen and oxygen atoms in total. The summed E-state index contributed by atoms with van der Waals surface area (Å²) in [5.74, 6) is -0.554. The third kappa shape index (κ3) is 5.22. The predicted molar refractivity (Wildman–Crippen MR) is 157 cm³/mol. The van der Waals surface area contributed by atoms with Crippen LogP contribution in [0.4, 0.5) is 5.69 Å². The van der Waals surface area contributed by atoms with E-state index in [0.29, 0.717) is 43.0 Å². The van der Waals surface area contributed by atoms with Crippen molar-refractivity contribution in [2.45, 2.75) is 63.3 Å². The van der Waals surface area contributed by atoms with E-state index >= 15 is 0 Å². The number of amides is 3. The molecule has 10 heteroatoms. The number of rotatable bonds is 9. The summed E-state index contributed by atoms with van der Waals surface area (Å²) in [7, 11) is 1.59. The van der Waals surface area contributed by atoms with E-state index in [1.165, 1.54) is 0 Å². The Balaban J connectivity index is 1.24. The zero-order valence-electron chi connectivity index (χ0n) is 24.9. The molecular weight excluding hydrogens is 536 g/mol. The van der Waals surface area contributed by atoms with Crippen LogP contribution >= 0.6 is 0 Å². The molecule has 4 heterocycles. The van der Waals surface area contributed by atoms with Crippen molar-refractivity contribution in [1.82, 2.24) is 15.1 Å². The minimum Gasteiger partial charge on any atom is -0.497 e. The Morgan fingerprint density at radius 1 is 1.07 bits per heavy atom. The maximum atomic E-state index is 14.2. The lowest BCUT2D eigenvalue weighted by molar-refractivity contribution is -0.141. The van der Waals surface area contributed by atoms with Crippen LogP contribution in [-0.4, -0.2) is 97.8 Å². The molecule has 0 radical (unpaired) electrons. The van der Waals surface area contributed by atoms with E-state index in [2.05, 4.69) is 29.4 Å². The fourth-order valence-corrected chi connectivity index (χ4v) is 7.74. The average Bonchev–Trinajstić information content (AvgIpc) is 3.64. The summed E-state index contributed by atoms with van der Waals surface area (Å²) in [6.45, 7) is 8.84. The molecule has 4 fully saturated rings. The van der Waals surface area contributed by atoms with Crippen molar-refractivity contribution >= 4 is 23.4 Å². The Kier molecular flexibility index (Phi) is 8.31. The number of benzene rings is 1. The van der Waals surface area contributed by atoms with Gasteiger partial charge in [-0.3, -0.25) is 19.3 Å². The minimum atomic E-state index is -1.16. The van der Waals surface area contributed by atoms with Gasteiger partial charge < -0.3 is 29.7 Å². The minimum absolute atomic E-state index is 0.0544. The lowest BCUT2D eigenvalue weighted by Gasteiger charge is -2.38. The highest BCUT2D eigenvalue weighted by Gasteiger charge is 2.72. The van der Waals surface area contributed by atoms with Crippen LogP contribution in [0.5, 0.6) is 5.75 Å². The van der Waals surface area contributed by atoms with Crippen LogP contribution < -0.4 is 15.4 Å². The summed E-state index contributed by atoms with van der Waals surface area (Å²) in [6, 6.07) is 6.33. The molecule has 1 aromatic rings. The molecule has 2 N–H and O–H groups in total. The van der Waals surface area contributed by atoms with Crippen molar-refractivity contribution < 1.29 is 28.6 Å². The Bertz CT molecular complexity index is 1200. The van der Waals surface area contributed by atoms with Gasteiger partial charge in [0.2, 0.25) is 17.7 Å². The third-order valence-electron chi connectivity index (χ3n) is 10.3. The molecular formula is C32H44N4O6. The lowest BCUT2D eigenvalue weighted by atomic mass is 9.73. The molecule has 42 heavy (non-hydrogen) atoms. The quantitative estimate of drug-likeness (QED) is 0.432. The molecule has 4 aliphatic heterocycles. The van der Waals surface area contributed by atoms with E-state index in [1.807, 2.05) is 12.2 Å². The topological polar surface area (TPSA) is 109 Å². The van der Waals surface area contributed by atoms with Crippen molar-refractivity contribution in [3.8, 4) is 5.75 Å². The second kappa shape index (κ2) is 12.0. The van der Waals surface area contributed by atoms with Crippen molar-refractivity contribution in [3.63, 3.8) is 0 Å². The fourth-order valence-electron chi connectivity index (χ4n) is 7.74. The van der Waals surface area contributed by atoms with Crippen LogP contribution in [0.3, 0.4) is 0 Å². The molecule has 3 saturated heterocycles. The van der Waals surface area contributed by atoms with Gasteiger partial charge in [-0.05, 0) is 48.9 Å². The van der Waals surface area contributed by atoms with Gasteiger partial charge in [-0.15, -0.1) is 0 Å². The van der Waals surface area contributed by atoms with Gasteiger partial charge in [-0.2, -0.15) is 0 Å². The van der Waals surface area contributed by atoms with E-state index in [9.17, 15) is 14.4 Å². The van der Waals surface area contributed by atoms with E-state index in [1.54, 1.807) is 36.3 Å². The molecule has 6 rings (SSSR count). The van der Waals surface area contributed by atoms with Crippen LogP contribution in [0.15, 0.2) is 36.4 Å². The lowest BCUT2D eigenvalue weighted by Crippen LogP contribution is -2.58. The average molecular weight is 581 g/mol. The number of hydrogen-bond donors (Lipinski definition) is 2. The number of likely N-dealkylation sites (tertiary alicyclic amines) is 1. The smallest absolute Gasteiger partial charge is 0.246 e. The largest absolute Gasteiger partial charge is 0.497 e. The number of carbonyl (C=O) groups is 3. The Morgan fingerprint density at radius 3 is 2.57 bits per heavy atom. The number of ether oxygens (including phenoxy) is 3. The molecule has 0 unspecified atom stereocenters. The van der Waals surface area contributed by atoms with Gasteiger partial charge in [0.1, 0.15) is 17.4 Å². The third-order valence-corrected chi connectivity index (χ3v) is 10.3. The van der Waals surface area contributed by atoms with Gasteiger partial charge in [0.05, 0.1) is 38.3 Å². The van der Waals surface area contributed by atoms with Gasteiger partial charge in [0.15, 0.2) is 0 Å². The van der Waals surface area contributed by atoms with Crippen molar-refractivity contribution in [3.05, 3.63) is 36.4 Å². The molecule has 1 saturated carbocycles. The van der Waals surface area contributed by atoms with Gasteiger partial charge in [-0.25, -0.2) is 0 Å². The number of nitrogens with one attached hydrogen (secondary N) is 2. The first-order chi connectivity index (χ1) is 20.3. The maximum absolute atomic E-state index is 14.2. The van der Waals surface area contributed by atoms with Crippen molar-refractivity contribution in [1.29, 1.82) is 0 Å². The SMILES string of the molecule is COc1ccc(NC(=O)[C@@H]2[C@@H]3C=C[C@]4(O3)[C@@H]2C(=O)N(CCCN2CCOCC2)[C@H]4C(=O)N[C@@H]2CCC[C@@H](C)[C@H]2C)cc1. The highest BCUT2D eigenvalue weighted by molar-refractivity contribution is 6.02. The van der Waals surface area contributed by atoms with Gasteiger partial charge >= 0.3 is 0 Å². The highest BCUT2D eigenvalue weighted by atomic mass is 16.5. The van der Waals surface area contributed by atoms with E-state index in [0.717, 1.165) is 45.3 Å². The van der Waals surface area contributed by atoms with Gasteiger partial charge in [-0.1, -0.05) is 38.8 Å². The Morgan fingerprint density at radius 2 is 1.83 bits per heavy atom. The predicted octanol–water partition coefficient (Wildman–Crippen LogP) is 2.45. The molecule has 1 aliphatic carbocycles. The second-order valence-corrected chi connectivity index (χ2v) is 12.6. The van der Waals surface area contributed by atoms with E-state index in [4.69, 9.17) is 14.2 Å². The molecule has 1 aromatic carbocycles. The van der Waals surface area contributed by atoms with Crippen LogP contribution in [0.25, 0.3) is 0 Å². The summed E-state index contributed by atoms with van der Waals surface area (Å²) >= 11 is 0. The summed E-state index contributed by atoms with van der Waals surface area (Å²) in [4.78, 5) is 46.1. The number of anilines is 1. The zero-order chi connectivity index (χ0) is 29.4. The maximum Gasteiger partial charge on any atom is 0.246 e. The number of hydrogen-bond acceptors (Lipinski definition) is 7. The summed E-state index contributed by atoms with van der Waals surface area (Å²) in [6.07, 6.45) is 7.08. The van der Waals surface area contributed by atoms with Crippen LogP contribution in [0, 0.1) is 23.7 Å². The Hall–Kier alpha value is -2.95. The number of fused-ring (bicyclic) bond motifs is 1. The molecule has 228 valence electrons. The fraction of sp³-hybridized carbons (Fsp3) is 0.656. The number of methoxy groups -OCH3 is 1. The molecule has 3 amide bonds. The van der Waals surface area contributed by atoms with Crippen LogP contribution in [0.1, 0.15) is 39.5 Å². The number of morpholine rings is 1. The molecule has 2 bridgehead atoms. The normalized spacial score (nSPS) is 35.7. The van der Waals surface area contributed by atoms with Crippen LogP contribution in [0.2, 0.25) is 0 Å². The standard InChI is InChI=1S/C32H44N4O6/c1-20-6-4-7-24(21(20)2)34-30(38)28-32-13-12-25(42-32)26(29(37)33-22-8-10-23(40-3)11-9-22)27(32)31(39)36(28)15-5-14-35-16-18-41-19-17-35/h8-13,20-21,24-28H,4-7,14-19H2,1-3H3,(H,33,37)(H,34,38)/t20-,21-,24-,25+,26-,27+,28+,32+/m1/s1. The van der Waals surface area contributed by atoms with Gasteiger partial charge in [0.25, 0.3) is 0 Å². The number of carbonyl (C=O) groups excluding carboxylic acids is 3. The summed E-state index contributed by atoms with van der Waals surface area (Å²) < 4.78 is 17.2. The summed E-state index contributed by atoms with van der Waals surface area (Å²) in [5.41, 5.74) is -0.542. The first-order valence-electron chi connectivity index (χ1n) is 15.6. The zero-order valence-corrected chi connectivity index (χ0v) is 24.9. The van der Waals surface area contributed by atoms with Crippen LogP contribution in [-0.2, 0) is 23.9 Å². The first-order valence-corrected chi connectivity index (χ1v) is 15.6. The molecule has 8 atom stereocenters. The monoisotopic (exact) mass is 580 g/mol. The molecule has 1 spiro atoms. The highest BCUT2D eigenvalue weighted by Crippen LogP contribution is 2.55. The molecule has 5 aliphatic rings. The second-order valence-electron chi connectivity index (χ2n) is 12.6. The summed E-state index contributed by atoms with van der Waals surface area (Å²) in [5, 5.41) is 6.30. The van der Waals surface area contributed by atoms with E-state index < -0.39 is 29.6 Å². The van der Waals surface area contributed by atoms with Gasteiger partial charge in [0, 0.05) is 37.9 Å². The number of nitrogens with zero attached hydrogens (tertiary/aromatic N) is 2. The van der Waals surface area contributed by atoms with E-state index in [-0.39, 0.29) is 23.8 Å².